The van der Waals surface area contributed by atoms with E-state index >= 15 is 0 Å². The fourth-order valence-corrected chi connectivity index (χ4v) is 4.13. The molecule has 0 bridgehead atoms. The summed E-state index contributed by atoms with van der Waals surface area (Å²) in [7, 11) is -3.15. The van der Waals surface area contributed by atoms with Crippen LogP contribution in [-0.4, -0.2) is 61.1 Å². The highest BCUT2D eigenvalue weighted by Crippen LogP contribution is 2.24. The van der Waals surface area contributed by atoms with Gasteiger partial charge in [-0.1, -0.05) is 18.2 Å². The zero-order valence-electron chi connectivity index (χ0n) is 14.9. The summed E-state index contributed by atoms with van der Waals surface area (Å²) in [5.41, 5.74) is 0.198. The minimum absolute atomic E-state index is 0.00700. The number of hydrogen-bond acceptors (Lipinski definition) is 4. The molecule has 1 heterocycles. The van der Waals surface area contributed by atoms with Gasteiger partial charge in [0.25, 0.3) is 0 Å². The van der Waals surface area contributed by atoms with Crippen molar-refractivity contribution in [3.05, 3.63) is 35.6 Å². The molecule has 1 aliphatic rings. The van der Waals surface area contributed by atoms with Crippen molar-refractivity contribution in [2.75, 3.05) is 31.9 Å². The number of aliphatic hydroxyl groups is 1. The van der Waals surface area contributed by atoms with E-state index in [1.165, 1.54) is 12.1 Å². The van der Waals surface area contributed by atoms with Crippen molar-refractivity contribution >= 4 is 15.8 Å². The minimum Gasteiger partial charge on any atom is -0.386 e. The number of nitrogens with zero attached hydrogens (tertiary/aromatic N) is 2. The summed E-state index contributed by atoms with van der Waals surface area (Å²) in [6.07, 6.45) is -1.06. The largest absolute Gasteiger partial charge is 0.386 e. The van der Waals surface area contributed by atoms with E-state index in [1.807, 2.05) is 11.8 Å². The van der Waals surface area contributed by atoms with Crippen molar-refractivity contribution < 1.29 is 17.9 Å². The third kappa shape index (κ3) is 4.49. The Morgan fingerprint density at radius 1 is 1.44 bits per heavy atom. The minimum atomic E-state index is -3.15. The Morgan fingerprint density at radius 2 is 2.12 bits per heavy atom. The molecule has 140 valence electrons. The Hall–Kier alpha value is -1.67. The molecule has 0 aliphatic carbocycles. The van der Waals surface area contributed by atoms with Crippen LogP contribution in [0.25, 0.3) is 0 Å². The Morgan fingerprint density at radius 3 is 2.72 bits per heavy atom. The monoisotopic (exact) mass is 371 g/mol. The number of nitrogens with one attached hydrogen (secondary N) is 1. The maximum atomic E-state index is 13.8. The van der Waals surface area contributed by atoms with E-state index in [2.05, 4.69) is 10.3 Å². The van der Waals surface area contributed by atoms with Crippen LogP contribution in [-0.2, 0) is 9.84 Å². The molecule has 2 N–H and O–H groups in total. The van der Waals surface area contributed by atoms with E-state index in [0.717, 1.165) is 0 Å². The number of rotatable bonds is 4. The average Bonchev–Trinajstić information content (AvgIpc) is 2.54. The van der Waals surface area contributed by atoms with Crippen molar-refractivity contribution in [3.63, 3.8) is 0 Å². The van der Waals surface area contributed by atoms with E-state index in [4.69, 9.17) is 0 Å². The summed E-state index contributed by atoms with van der Waals surface area (Å²) in [5, 5.41) is 13.3. The van der Waals surface area contributed by atoms with Crippen LogP contribution in [0.15, 0.2) is 29.3 Å². The van der Waals surface area contributed by atoms with Crippen LogP contribution in [0.4, 0.5) is 4.39 Å². The van der Waals surface area contributed by atoms with Gasteiger partial charge in [-0.2, -0.15) is 0 Å². The van der Waals surface area contributed by atoms with Crippen LogP contribution in [0.5, 0.6) is 0 Å². The van der Waals surface area contributed by atoms with E-state index < -0.39 is 26.5 Å². The van der Waals surface area contributed by atoms with Crippen molar-refractivity contribution in [2.45, 2.75) is 31.6 Å². The number of aliphatic hydroxyl groups excluding tert-OH is 1. The smallest absolute Gasteiger partial charge is 0.194 e. The average molecular weight is 371 g/mol. The Balaban J connectivity index is 2.15. The molecule has 1 saturated heterocycles. The first-order chi connectivity index (χ1) is 11.7. The van der Waals surface area contributed by atoms with Crippen LogP contribution in [0.2, 0.25) is 0 Å². The number of aliphatic imine (C=N–C) groups is 1. The lowest BCUT2D eigenvalue weighted by Gasteiger charge is -2.39. The zero-order chi connectivity index (χ0) is 18.7. The second kappa shape index (κ2) is 7.70. The van der Waals surface area contributed by atoms with Crippen LogP contribution in [0.1, 0.15) is 32.4 Å². The summed E-state index contributed by atoms with van der Waals surface area (Å²) in [4.78, 5) is 6.26. The number of guanidine groups is 1. The van der Waals surface area contributed by atoms with Gasteiger partial charge in [0, 0.05) is 25.2 Å². The van der Waals surface area contributed by atoms with Crippen molar-refractivity contribution in [2.24, 2.45) is 4.99 Å². The van der Waals surface area contributed by atoms with Gasteiger partial charge in [0.2, 0.25) is 0 Å². The molecule has 1 aromatic carbocycles. The molecule has 0 aromatic heterocycles. The number of sulfone groups is 1. The molecule has 1 aromatic rings. The van der Waals surface area contributed by atoms with E-state index in [-0.39, 0.29) is 17.9 Å². The molecule has 2 rings (SSSR count). The number of hydrogen-bond donors (Lipinski definition) is 2. The molecular weight excluding hydrogens is 345 g/mol. The van der Waals surface area contributed by atoms with Gasteiger partial charge in [-0.3, -0.25) is 4.99 Å². The molecule has 0 radical (unpaired) electrons. The lowest BCUT2D eigenvalue weighted by molar-refractivity contribution is 0.181. The maximum absolute atomic E-state index is 13.8. The summed E-state index contributed by atoms with van der Waals surface area (Å²) < 4.78 is 37.2. The number of benzene rings is 1. The quantitative estimate of drug-likeness (QED) is 0.616. The molecule has 0 amide bonds. The van der Waals surface area contributed by atoms with Crippen LogP contribution < -0.4 is 5.32 Å². The first-order valence-electron chi connectivity index (χ1n) is 8.36. The third-order valence-corrected chi connectivity index (χ3v) is 6.89. The SMILES string of the molecule is CCNC(=NCC(O)c1ccccc1F)N1CCS(=O)(=O)C(C)(C)C1. The van der Waals surface area contributed by atoms with Crippen LogP contribution in [0.3, 0.4) is 0 Å². The van der Waals surface area contributed by atoms with Gasteiger partial charge in [0.1, 0.15) is 11.9 Å². The Bertz CT molecular complexity index is 734. The summed E-state index contributed by atoms with van der Waals surface area (Å²) in [5.74, 6) is 0.113. The van der Waals surface area contributed by atoms with Crippen molar-refractivity contribution in [1.29, 1.82) is 0 Å². The zero-order valence-corrected chi connectivity index (χ0v) is 15.7. The molecule has 25 heavy (non-hydrogen) atoms. The van der Waals surface area contributed by atoms with E-state index in [1.54, 1.807) is 26.0 Å². The van der Waals surface area contributed by atoms with E-state index in [9.17, 15) is 17.9 Å². The van der Waals surface area contributed by atoms with Crippen LogP contribution in [0, 0.1) is 5.82 Å². The molecule has 1 unspecified atom stereocenters. The highest BCUT2D eigenvalue weighted by Gasteiger charge is 2.41. The highest BCUT2D eigenvalue weighted by molar-refractivity contribution is 7.92. The molecule has 6 nitrogen and oxygen atoms in total. The van der Waals surface area contributed by atoms with Crippen LogP contribution >= 0.6 is 0 Å². The first-order valence-corrected chi connectivity index (χ1v) is 10.0. The van der Waals surface area contributed by atoms with Gasteiger partial charge in [-0.25, -0.2) is 12.8 Å². The molecule has 1 aliphatic heterocycles. The van der Waals surface area contributed by atoms with Gasteiger partial charge in [0.15, 0.2) is 15.8 Å². The lowest BCUT2D eigenvalue weighted by Crippen LogP contribution is -2.57. The first kappa shape index (κ1) is 19.7. The second-order valence-electron chi connectivity index (χ2n) is 6.73. The number of halogens is 1. The van der Waals surface area contributed by atoms with Crippen molar-refractivity contribution in [3.8, 4) is 0 Å². The van der Waals surface area contributed by atoms with Gasteiger partial charge in [-0.15, -0.1) is 0 Å². The van der Waals surface area contributed by atoms with Gasteiger partial charge < -0.3 is 15.3 Å². The fourth-order valence-electron chi connectivity index (χ4n) is 2.77. The van der Waals surface area contributed by atoms with E-state index in [0.29, 0.717) is 25.6 Å². The fraction of sp³-hybridized carbons (Fsp3) is 0.588. The topological polar surface area (TPSA) is 82.0 Å². The standard InChI is InChI=1S/C17H26FN3O3S/c1-4-19-16(21-9-10-25(23,24)17(2,3)12-21)20-11-15(22)13-7-5-6-8-14(13)18/h5-8,15,22H,4,9-12H2,1-3H3,(H,19,20). The molecule has 1 fully saturated rings. The summed E-state index contributed by atoms with van der Waals surface area (Å²) in [6.45, 7) is 6.57. The Labute approximate surface area is 148 Å². The molecule has 8 heteroatoms. The molecule has 1 atom stereocenters. The molecular formula is C17H26FN3O3S. The summed E-state index contributed by atoms with van der Waals surface area (Å²) in [6, 6.07) is 6.05. The van der Waals surface area contributed by atoms with Gasteiger partial charge >= 0.3 is 0 Å². The van der Waals surface area contributed by atoms with Crippen molar-refractivity contribution in [1.82, 2.24) is 10.2 Å². The second-order valence-corrected chi connectivity index (χ2v) is 9.47. The lowest BCUT2D eigenvalue weighted by atomic mass is 10.1. The normalized spacial score (nSPS) is 21.0. The van der Waals surface area contributed by atoms with Gasteiger partial charge in [-0.05, 0) is 26.8 Å². The molecule has 0 saturated carbocycles. The predicted molar refractivity (Wildman–Crippen MR) is 96.8 cm³/mol. The molecule has 0 spiro atoms. The summed E-state index contributed by atoms with van der Waals surface area (Å²) >= 11 is 0. The predicted octanol–water partition coefficient (Wildman–Crippen LogP) is 1.33. The third-order valence-electron chi connectivity index (χ3n) is 4.36. The Kier molecular flexibility index (Phi) is 6.05. The van der Waals surface area contributed by atoms with Gasteiger partial charge in [0.05, 0.1) is 17.0 Å². The maximum Gasteiger partial charge on any atom is 0.194 e. The highest BCUT2D eigenvalue weighted by atomic mass is 32.2.